The second-order valence-corrected chi connectivity index (χ2v) is 6.30. The largest absolute Gasteiger partial charge is 0.480 e. The Morgan fingerprint density at radius 2 is 2.11 bits per heavy atom. The first-order valence-electron chi connectivity index (χ1n) is 7.61. The van der Waals surface area contributed by atoms with Gasteiger partial charge in [-0.15, -0.1) is 0 Å². The van der Waals surface area contributed by atoms with E-state index in [2.05, 4.69) is 24.1 Å². The third-order valence-corrected chi connectivity index (χ3v) is 4.08. The minimum absolute atomic E-state index is 0.552. The lowest BCUT2D eigenvalue weighted by Crippen LogP contribution is -2.49. The van der Waals surface area contributed by atoms with Crippen LogP contribution in [0.5, 0.6) is 0 Å². The molecule has 1 fully saturated rings. The van der Waals surface area contributed by atoms with Crippen molar-refractivity contribution in [1.29, 1.82) is 0 Å². The van der Waals surface area contributed by atoms with Crippen molar-refractivity contribution in [3.63, 3.8) is 0 Å². The van der Waals surface area contributed by atoms with E-state index in [1.165, 1.54) is 19.4 Å². The number of hydrogen-bond donors (Lipinski definition) is 2. The quantitative estimate of drug-likeness (QED) is 0.640. The highest BCUT2D eigenvalue weighted by molar-refractivity contribution is 5.78. The molecule has 0 spiro atoms. The van der Waals surface area contributed by atoms with Gasteiger partial charge in [-0.2, -0.15) is 0 Å². The molecule has 0 aromatic rings. The summed E-state index contributed by atoms with van der Waals surface area (Å²) in [6, 6.07) is 0.552. The van der Waals surface area contributed by atoms with Crippen LogP contribution in [0.4, 0.5) is 0 Å². The molecule has 1 saturated carbocycles. The van der Waals surface area contributed by atoms with Crippen molar-refractivity contribution in [3.8, 4) is 0 Å². The molecule has 0 radical (unpaired) electrons. The van der Waals surface area contributed by atoms with Gasteiger partial charge in [-0.25, -0.2) is 0 Å². The van der Waals surface area contributed by atoms with Crippen LogP contribution < -0.4 is 5.32 Å². The van der Waals surface area contributed by atoms with Crippen molar-refractivity contribution >= 4 is 5.97 Å². The number of nitrogens with zero attached hydrogens (tertiary/aromatic N) is 1. The topological polar surface area (TPSA) is 52.6 Å². The summed E-state index contributed by atoms with van der Waals surface area (Å²) in [6.07, 6.45) is 4.35. The second-order valence-electron chi connectivity index (χ2n) is 6.30. The van der Waals surface area contributed by atoms with Crippen molar-refractivity contribution in [2.45, 2.75) is 65.0 Å². The molecule has 19 heavy (non-hydrogen) atoms. The fourth-order valence-corrected chi connectivity index (χ4v) is 2.49. The van der Waals surface area contributed by atoms with E-state index < -0.39 is 11.5 Å². The Morgan fingerprint density at radius 3 is 2.53 bits per heavy atom. The number of hydrogen-bond acceptors (Lipinski definition) is 3. The monoisotopic (exact) mass is 270 g/mol. The van der Waals surface area contributed by atoms with Gasteiger partial charge in [0.05, 0.1) is 0 Å². The van der Waals surface area contributed by atoms with E-state index in [4.69, 9.17) is 0 Å². The molecule has 4 heteroatoms. The fourth-order valence-electron chi connectivity index (χ4n) is 2.49. The highest BCUT2D eigenvalue weighted by Gasteiger charge is 2.32. The molecule has 1 aliphatic carbocycles. The number of carboxylic acid groups (broad SMARTS) is 1. The summed E-state index contributed by atoms with van der Waals surface area (Å²) >= 11 is 0. The third kappa shape index (κ3) is 5.49. The Bertz CT molecular complexity index is 290. The molecular formula is C15H30N2O2. The Kier molecular flexibility index (Phi) is 6.27. The minimum Gasteiger partial charge on any atom is -0.480 e. The summed E-state index contributed by atoms with van der Waals surface area (Å²) in [7, 11) is 0. The third-order valence-electron chi connectivity index (χ3n) is 4.08. The van der Waals surface area contributed by atoms with E-state index in [1.807, 2.05) is 6.92 Å². The van der Waals surface area contributed by atoms with Gasteiger partial charge in [-0.05, 0) is 65.5 Å². The fraction of sp³-hybridized carbons (Fsp3) is 0.933. The van der Waals surface area contributed by atoms with Gasteiger partial charge < -0.3 is 15.3 Å². The molecule has 1 aliphatic rings. The zero-order chi connectivity index (χ0) is 14.5. The van der Waals surface area contributed by atoms with Crippen LogP contribution in [0.25, 0.3) is 0 Å². The molecule has 0 amide bonds. The predicted octanol–water partition coefficient (Wildman–Crippen LogP) is 2.34. The molecule has 0 aromatic carbocycles. The number of nitrogens with one attached hydrogen (secondary N) is 1. The van der Waals surface area contributed by atoms with Crippen molar-refractivity contribution in [2.24, 2.45) is 5.92 Å². The van der Waals surface area contributed by atoms with Gasteiger partial charge in [0, 0.05) is 12.6 Å². The predicted molar refractivity (Wildman–Crippen MR) is 78.4 cm³/mol. The average molecular weight is 270 g/mol. The van der Waals surface area contributed by atoms with Crippen molar-refractivity contribution in [2.75, 3.05) is 19.6 Å². The van der Waals surface area contributed by atoms with Crippen LogP contribution in [0.2, 0.25) is 0 Å². The lowest BCUT2D eigenvalue weighted by molar-refractivity contribution is -0.144. The number of rotatable bonds is 10. The van der Waals surface area contributed by atoms with Crippen molar-refractivity contribution in [1.82, 2.24) is 10.2 Å². The van der Waals surface area contributed by atoms with Crippen LogP contribution in [-0.2, 0) is 4.79 Å². The first-order chi connectivity index (χ1) is 8.89. The normalized spacial score (nSPS) is 18.8. The Hall–Kier alpha value is -0.610. The van der Waals surface area contributed by atoms with Gasteiger partial charge in [0.2, 0.25) is 0 Å². The molecule has 112 valence electrons. The molecule has 2 N–H and O–H groups in total. The Balaban J connectivity index is 2.38. The Labute approximate surface area is 117 Å². The zero-order valence-corrected chi connectivity index (χ0v) is 12.9. The minimum atomic E-state index is -0.781. The van der Waals surface area contributed by atoms with Crippen LogP contribution in [0.1, 0.15) is 53.4 Å². The van der Waals surface area contributed by atoms with Gasteiger partial charge in [0.1, 0.15) is 5.54 Å². The molecule has 0 aliphatic heterocycles. The van der Waals surface area contributed by atoms with Crippen LogP contribution in [0.3, 0.4) is 0 Å². The smallest absolute Gasteiger partial charge is 0.323 e. The molecule has 1 rings (SSSR count). The standard InChI is InChI=1S/C15H30N2O2/c1-5-16-15(4,14(18)19)9-6-10-17(12(2)3)11-13-7-8-13/h12-13,16H,5-11H2,1-4H3,(H,18,19). The number of carboxylic acids is 1. The Morgan fingerprint density at radius 1 is 1.47 bits per heavy atom. The molecule has 1 atom stereocenters. The summed E-state index contributed by atoms with van der Waals surface area (Å²) in [4.78, 5) is 13.8. The van der Waals surface area contributed by atoms with Crippen molar-refractivity contribution in [3.05, 3.63) is 0 Å². The molecular weight excluding hydrogens is 240 g/mol. The summed E-state index contributed by atoms with van der Waals surface area (Å²) in [6.45, 7) is 11.1. The summed E-state index contributed by atoms with van der Waals surface area (Å²) in [5, 5.41) is 12.4. The lowest BCUT2D eigenvalue weighted by atomic mass is 9.95. The van der Waals surface area contributed by atoms with Crippen LogP contribution in [0, 0.1) is 5.92 Å². The molecule has 0 heterocycles. The molecule has 0 saturated heterocycles. The first-order valence-corrected chi connectivity index (χ1v) is 7.61. The lowest BCUT2D eigenvalue weighted by Gasteiger charge is -2.30. The van der Waals surface area contributed by atoms with E-state index in [1.54, 1.807) is 6.92 Å². The molecule has 1 unspecified atom stereocenters. The van der Waals surface area contributed by atoms with Gasteiger partial charge in [0.25, 0.3) is 0 Å². The molecule has 0 aromatic heterocycles. The highest BCUT2D eigenvalue weighted by Crippen LogP contribution is 2.30. The van der Waals surface area contributed by atoms with Crippen LogP contribution in [0.15, 0.2) is 0 Å². The van der Waals surface area contributed by atoms with Gasteiger partial charge in [-0.3, -0.25) is 4.79 Å². The number of aliphatic carboxylic acids is 1. The van der Waals surface area contributed by atoms with E-state index in [-0.39, 0.29) is 0 Å². The average Bonchev–Trinajstić information content (AvgIpc) is 3.11. The summed E-state index contributed by atoms with van der Waals surface area (Å²) in [5.41, 5.74) is -0.781. The van der Waals surface area contributed by atoms with E-state index in [9.17, 15) is 9.90 Å². The summed E-state index contributed by atoms with van der Waals surface area (Å²) in [5.74, 6) is 0.148. The van der Waals surface area contributed by atoms with Gasteiger partial charge in [0.15, 0.2) is 0 Å². The van der Waals surface area contributed by atoms with E-state index in [0.717, 1.165) is 18.9 Å². The highest BCUT2D eigenvalue weighted by atomic mass is 16.4. The zero-order valence-electron chi connectivity index (χ0n) is 12.9. The maximum atomic E-state index is 11.3. The summed E-state index contributed by atoms with van der Waals surface area (Å²) < 4.78 is 0. The SMILES string of the molecule is CCNC(C)(CCCN(CC1CC1)C(C)C)C(=O)O. The maximum absolute atomic E-state index is 11.3. The van der Waals surface area contributed by atoms with Crippen molar-refractivity contribution < 1.29 is 9.90 Å². The first kappa shape index (κ1) is 16.4. The van der Waals surface area contributed by atoms with E-state index >= 15 is 0 Å². The number of likely N-dealkylation sites (N-methyl/N-ethyl adjacent to an activating group) is 1. The maximum Gasteiger partial charge on any atom is 0.323 e. The van der Waals surface area contributed by atoms with Crippen LogP contribution in [-0.4, -0.2) is 47.2 Å². The van der Waals surface area contributed by atoms with Gasteiger partial charge >= 0.3 is 5.97 Å². The second kappa shape index (κ2) is 7.25. The van der Waals surface area contributed by atoms with Gasteiger partial charge in [-0.1, -0.05) is 6.92 Å². The molecule has 0 bridgehead atoms. The van der Waals surface area contributed by atoms with E-state index in [0.29, 0.717) is 19.0 Å². The van der Waals surface area contributed by atoms with Crippen LogP contribution >= 0.6 is 0 Å². The molecule has 4 nitrogen and oxygen atoms in total. The number of carbonyl (C=O) groups is 1.